The fourth-order valence-corrected chi connectivity index (χ4v) is 6.97. The van der Waals surface area contributed by atoms with Crippen molar-refractivity contribution in [2.75, 3.05) is 0 Å². The lowest BCUT2D eigenvalue weighted by Gasteiger charge is -2.14. The van der Waals surface area contributed by atoms with E-state index >= 15 is 0 Å². The van der Waals surface area contributed by atoms with Gasteiger partial charge in [0.05, 0.1) is 0 Å². The lowest BCUT2D eigenvalue weighted by molar-refractivity contribution is 1.54. The molecule has 0 nitrogen and oxygen atoms in total. The quantitative estimate of drug-likeness (QED) is 0.156. The molecule has 0 heterocycles. The SMILES string of the molecule is Brc1cccc(-c2cc(-c3cccc(-c4cccc(-c5ccccc5)c4)c3)cc(-c3cccc(-c4cccc(-c5ccccc5)c4)c3)c2)c1. The Morgan fingerprint density at radius 1 is 0.184 bits per heavy atom. The Hall–Kier alpha value is -5.76. The molecule has 0 aliphatic rings. The predicted molar refractivity (Wildman–Crippen MR) is 212 cm³/mol. The van der Waals surface area contributed by atoms with E-state index in [1.54, 1.807) is 0 Å². The van der Waals surface area contributed by atoms with Crippen molar-refractivity contribution in [2.24, 2.45) is 0 Å². The third-order valence-corrected chi connectivity index (χ3v) is 9.58. The van der Waals surface area contributed by atoms with E-state index in [1.165, 1.54) is 77.9 Å². The van der Waals surface area contributed by atoms with Gasteiger partial charge in [-0.2, -0.15) is 0 Å². The van der Waals surface area contributed by atoms with Crippen LogP contribution in [0.3, 0.4) is 0 Å². The van der Waals surface area contributed by atoms with E-state index in [-0.39, 0.29) is 0 Å². The number of rotatable bonds is 7. The first kappa shape index (κ1) is 30.6. The van der Waals surface area contributed by atoms with Crippen molar-refractivity contribution in [3.05, 3.63) is 205 Å². The summed E-state index contributed by atoms with van der Waals surface area (Å²) in [5.74, 6) is 0. The normalized spacial score (nSPS) is 11.0. The Bertz CT molecular complexity index is 2240. The van der Waals surface area contributed by atoms with Crippen LogP contribution < -0.4 is 0 Å². The zero-order valence-corrected chi connectivity index (χ0v) is 28.5. The topological polar surface area (TPSA) is 0 Å². The molecular weight excluding hydrogens is 656 g/mol. The van der Waals surface area contributed by atoms with Crippen LogP contribution >= 0.6 is 15.9 Å². The highest BCUT2D eigenvalue weighted by molar-refractivity contribution is 9.10. The summed E-state index contributed by atoms with van der Waals surface area (Å²) in [4.78, 5) is 0. The van der Waals surface area contributed by atoms with Crippen molar-refractivity contribution in [3.63, 3.8) is 0 Å². The molecule has 0 atom stereocenters. The minimum Gasteiger partial charge on any atom is -0.0622 e. The second kappa shape index (κ2) is 13.8. The first-order valence-electron chi connectivity index (χ1n) is 16.6. The third-order valence-electron chi connectivity index (χ3n) is 9.09. The molecule has 0 amide bonds. The van der Waals surface area contributed by atoms with E-state index < -0.39 is 0 Å². The van der Waals surface area contributed by atoms with Crippen molar-refractivity contribution in [2.45, 2.75) is 0 Å². The average molecular weight is 690 g/mol. The van der Waals surface area contributed by atoms with Gasteiger partial charge in [0, 0.05) is 4.47 Å². The fraction of sp³-hybridized carbons (Fsp3) is 0. The summed E-state index contributed by atoms with van der Waals surface area (Å²) in [6, 6.07) is 72.2. The van der Waals surface area contributed by atoms with Gasteiger partial charge < -0.3 is 0 Å². The summed E-state index contributed by atoms with van der Waals surface area (Å²) in [5, 5.41) is 0. The van der Waals surface area contributed by atoms with Gasteiger partial charge >= 0.3 is 0 Å². The molecule has 232 valence electrons. The molecule has 1 heteroatoms. The number of hydrogen-bond donors (Lipinski definition) is 0. The molecular formula is C48H33Br. The molecule has 0 aromatic heterocycles. The number of hydrogen-bond acceptors (Lipinski definition) is 0. The van der Waals surface area contributed by atoms with Crippen LogP contribution in [0, 0.1) is 0 Å². The van der Waals surface area contributed by atoms with Gasteiger partial charge in [-0.15, -0.1) is 0 Å². The van der Waals surface area contributed by atoms with Crippen LogP contribution in [-0.2, 0) is 0 Å². The van der Waals surface area contributed by atoms with Gasteiger partial charge in [-0.25, -0.2) is 0 Å². The van der Waals surface area contributed by atoms with Crippen LogP contribution in [0.25, 0.3) is 77.9 Å². The zero-order chi connectivity index (χ0) is 33.0. The Kier molecular flexibility index (Phi) is 8.59. The Balaban J connectivity index is 1.21. The Morgan fingerprint density at radius 2 is 0.408 bits per heavy atom. The second-order valence-corrected chi connectivity index (χ2v) is 13.3. The van der Waals surface area contributed by atoms with Gasteiger partial charge in [-0.1, -0.05) is 162 Å². The molecule has 0 bridgehead atoms. The van der Waals surface area contributed by atoms with Crippen LogP contribution in [0.15, 0.2) is 205 Å². The molecule has 49 heavy (non-hydrogen) atoms. The molecule has 0 saturated carbocycles. The van der Waals surface area contributed by atoms with Crippen molar-refractivity contribution < 1.29 is 0 Å². The third kappa shape index (κ3) is 6.81. The summed E-state index contributed by atoms with van der Waals surface area (Å²) in [6.07, 6.45) is 0. The predicted octanol–water partition coefficient (Wildman–Crippen LogP) is 14.1. The lowest BCUT2D eigenvalue weighted by Crippen LogP contribution is -1.88. The molecule has 0 aliphatic carbocycles. The molecule has 0 aliphatic heterocycles. The number of halogens is 1. The smallest absolute Gasteiger partial charge is 0.0181 e. The van der Waals surface area contributed by atoms with Crippen LogP contribution in [0.4, 0.5) is 0 Å². The van der Waals surface area contributed by atoms with Gasteiger partial charge in [-0.3, -0.25) is 0 Å². The summed E-state index contributed by atoms with van der Waals surface area (Å²) in [7, 11) is 0. The molecule has 8 aromatic rings. The molecule has 8 aromatic carbocycles. The first-order valence-corrected chi connectivity index (χ1v) is 17.4. The Morgan fingerprint density at radius 3 is 0.735 bits per heavy atom. The molecule has 0 unspecified atom stereocenters. The maximum absolute atomic E-state index is 3.70. The summed E-state index contributed by atoms with van der Waals surface area (Å²) >= 11 is 3.70. The average Bonchev–Trinajstić information content (AvgIpc) is 3.18. The van der Waals surface area contributed by atoms with E-state index in [0.29, 0.717) is 0 Å². The zero-order valence-electron chi connectivity index (χ0n) is 26.9. The van der Waals surface area contributed by atoms with Crippen molar-refractivity contribution in [3.8, 4) is 77.9 Å². The van der Waals surface area contributed by atoms with Gasteiger partial charge in [0.1, 0.15) is 0 Å². The maximum Gasteiger partial charge on any atom is 0.0181 e. The van der Waals surface area contributed by atoms with Gasteiger partial charge in [0.15, 0.2) is 0 Å². The molecule has 0 N–H and O–H groups in total. The molecule has 0 fully saturated rings. The molecule has 0 saturated heterocycles. The van der Waals surface area contributed by atoms with E-state index in [1.807, 2.05) is 0 Å². The minimum atomic E-state index is 1.07. The van der Waals surface area contributed by atoms with E-state index in [9.17, 15) is 0 Å². The maximum atomic E-state index is 3.70. The lowest BCUT2D eigenvalue weighted by atomic mass is 9.90. The largest absolute Gasteiger partial charge is 0.0622 e. The van der Waals surface area contributed by atoms with Gasteiger partial charge in [-0.05, 0) is 132 Å². The highest BCUT2D eigenvalue weighted by Crippen LogP contribution is 2.37. The summed E-state index contributed by atoms with van der Waals surface area (Å²) < 4.78 is 1.07. The molecule has 8 rings (SSSR count). The molecule has 0 spiro atoms. The monoisotopic (exact) mass is 688 g/mol. The second-order valence-electron chi connectivity index (χ2n) is 12.4. The van der Waals surface area contributed by atoms with Crippen LogP contribution in [0.5, 0.6) is 0 Å². The number of benzene rings is 8. The summed E-state index contributed by atoms with van der Waals surface area (Å²) in [5.41, 5.74) is 16.8. The molecule has 0 radical (unpaired) electrons. The van der Waals surface area contributed by atoms with E-state index in [0.717, 1.165) is 4.47 Å². The van der Waals surface area contributed by atoms with Crippen LogP contribution in [0.1, 0.15) is 0 Å². The van der Waals surface area contributed by atoms with Gasteiger partial charge in [0.25, 0.3) is 0 Å². The van der Waals surface area contributed by atoms with Crippen molar-refractivity contribution in [1.29, 1.82) is 0 Å². The standard InChI is InChI=1S/C48H33Br/c49-48-25-11-24-44(33-48)47-31-45(42-22-9-20-40(28-42)38-18-7-16-36(26-38)34-12-3-1-4-13-34)30-46(32-47)43-23-10-21-41(29-43)39-19-8-17-37(27-39)35-14-5-2-6-15-35/h1-33H. The fourth-order valence-electron chi connectivity index (χ4n) is 6.57. The van der Waals surface area contributed by atoms with E-state index in [4.69, 9.17) is 0 Å². The highest BCUT2D eigenvalue weighted by Gasteiger charge is 2.11. The van der Waals surface area contributed by atoms with Gasteiger partial charge in [0.2, 0.25) is 0 Å². The highest BCUT2D eigenvalue weighted by atomic mass is 79.9. The van der Waals surface area contributed by atoms with Crippen LogP contribution in [-0.4, -0.2) is 0 Å². The van der Waals surface area contributed by atoms with E-state index in [2.05, 4.69) is 216 Å². The minimum absolute atomic E-state index is 1.07. The van der Waals surface area contributed by atoms with Crippen molar-refractivity contribution >= 4 is 15.9 Å². The first-order chi connectivity index (χ1) is 24.2. The summed E-state index contributed by atoms with van der Waals surface area (Å²) in [6.45, 7) is 0. The van der Waals surface area contributed by atoms with Crippen molar-refractivity contribution in [1.82, 2.24) is 0 Å². The Labute approximate surface area is 297 Å². The van der Waals surface area contributed by atoms with Crippen LogP contribution in [0.2, 0.25) is 0 Å².